The van der Waals surface area contributed by atoms with Gasteiger partial charge in [0.2, 0.25) is 4.80 Å². The van der Waals surface area contributed by atoms with E-state index in [1.807, 2.05) is 0 Å². The number of sulfonamides is 1. The zero-order valence-corrected chi connectivity index (χ0v) is 18.1. The van der Waals surface area contributed by atoms with Gasteiger partial charge in [0.15, 0.2) is 11.5 Å². The molecule has 0 aliphatic heterocycles. The van der Waals surface area contributed by atoms with Gasteiger partial charge in [-0.3, -0.25) is 4.79 Å². The second-order valence-corrected chi connectivity index (χ2v) is 8.79. The van der Waals surface area contributed by atoms with E-state index >= 15 is 0 Å². The van der Waals surface area contributed by atoms with Gasteiger partial charge in [0.05, 0.1) is 36.4 Å². The molecule has 1 heterocycles. The minimum absolute atomic E-state index is 0.0147. The summed E-state index contributed by atoms with van der Waals surface area (Å²) in [5.74, 6) is 0.354. The average molecular weight is 457 g/mol. The van der Waals surface area contributed by atoms with Gasteiger partial charge >= 0.3 is 5.97 Å². The number of carbonyl (C=O) groups excluding carboxylic acids is 1. The van der Waals surface area contributed by atoms with Crippen LogP contribution in [-0.2, 0) is 26.1 Å². The second kappa shape index (κ2) is 8.44. The quantitative estimate of drug-likeness (QED) is 0.529. The Bertz CT molecular complexity index is 1230. The molecule has 0 aliphatic rings. The van der Waals surface area contributed by atoms with Crippen LogP contribution in [0.4, 0.5) is 0 Å². The van der Waals surface area contributed by atoms with Crippen LogP contribution in [0, 0.1) is 0 Å². The fraction of sp³-hybridized carbons (Fsp3) is 0.222. The molecular weight excluding hydrogens is 440 g/mol. The van der Waals surface area contributed by atoms with Gasteiger partial charge in [0.25, 0.3) is 10.0 Å². The van der Waals surface area contributed by atoms with Crippen molar-refractivity contribution < 1.29 is 27.4 Å². The van der Waals surface area contributed by atoms with Crippen molar-refractivity contribution in [2.24, 2.45) is 4.40 Å². The van der Waals surface area contributed by atoms with Crippen molar-refractivity contribution in [2.45, 2.75) is 11.4 Å². The van der Waals surface area contributed by atoms with Crippen LogP contribution in [0.1, 0.15) is 0 Å². The summed E-state index contributed by atoms with van der Waals surface area (Å²) < 4.78 is 46.9. The molecule has 0 fully saturated rings. The minimum atomic E-state index is -4.03. The molecule has 0 spiro atoms. The summed E-state index contributed by atoms with van der Waals surface area (Å²) in [6.45, 7) is -0.221. The number of aromatic nitrogens is 1. The van der Waals surface area contributed by atoms with Crippen LogP contribution < -0.4 is 14.3 Å². The number of nitrogens with zero attached hydrogens (tertiary/aromatic N) is 2. The van der Waals surface area contributed by atoms with Crippen LogP contribution in [-0.4, -0.2) is 40.3 Å². The van der Waals surface area contributed by atoms with E-state index in [4.69, 9.17) is 25.8 Å². The van der Waals surface area contributed by atoms with E-state index in [0.717, 1.165) is 11.3 Å². The normalized spacial score (nSPS) is 12.2. The number of esters is 1. The van der Waals surface area contributed by atoms with E-state index < -0.39 is 16.0 Å². The molecule has 8 nitrogen and oxygen atoms in total. The molecule has 0 aliphatic carbocycles. The van der Waals surface area contributed by atoms with Crippen LogP contribution in [0.3, 0.4) is 0 Å². The van der Waals surface area contributed by atoms with Gasteiger partial charge in [0.1, 0.15) is 6.54 Å². The summed E-state index contributed by atoms with van der Waals surface area (Å²) in [5, 5.41) is 0.408. The first-order valence-corrected chi connectivity index (χ1v) is 10.8. The van der Waals surface area contributed by atoms with Crippen molar-refractivity contribution in [3.05, 3.63) is 46.2 Å². The van der Waals surface area contributed by atoms with Gasteiger partial charge in [-0.15, -0.1) is 4.40 Å². The molecule has 29 heavy (non-hydrogen) atoms. The minimum Gasteiger partial charge on any atom is -0.493 e. The molecule has 0 saturated carbocycles. The Balaban J connectivity index is 2.27. The molecule has 3 aromatic rings. The van der Waals surface area contributed by atoms with E-state index in [1.165, 1.54) is 50.2 Å². The highest BCUT2D eigenvalue weighted by Crippen LogP contribution is 2.33. The third kappa shape index (κ3) is 4.39. The Labute approximate surface area is 176 Å². The number of thiazole rings is 1. The SMILES string of the molecule is COC(=O)Cn1/c(=N/S(=O)(=O)c2ccc(Cl)cc2)sc2cc(OC)c(OC)cc21. The predicted octanol–water partition coefficient (Wildman–Crippen LogP) is 2.84. The highest BCUT2D eigenvalue weighted by Gasteiger charge is 2.18. The average Bonchev–Trinajstić information content (AvgIpc) is 3.02. The maximum atomic E-state index is 12.8. The third-order valence-electron chi connectivity index (χ3n) is 4.01. The number of rotatable bonds is 6. The van der Waals surface area contributed by atoms with Crippen molar-refractivity contribution in [3.8, 4) is 11.5 Å². The summed E-state index contributed by atoms with van der Waals surface area (Å²) in [7, 11) is 0.199. The lowest BCUT2D eigenvalue weighted by Crippen LogP contribution is -2.22. The molecule has 0 atom stereocenters. The van der Waals surface area contributed by atoms with Gasteiger partial charge in [-0.25, -0.2) is 0 Å². The molecule has 0 bridgehead atoms. The van der Waals surface area contributed by atoms with Crippen molar-refractivity contribution in [2.75, 3.05) is 21.3 Å². The third-order valence-corrected chi connectivity index (χ3v) is 6.70. The number of fused-ring (bicyclic) bond motifs is 1. The number of halogens is 1. The monoisotopic (exact) mass is 456 g/mol. The van der Waals surface area contributed by atoms with Gasteiger partial charge in [-0.05, 0) is 24.3 Å². The van der Waals surface area contributed by atoms with E-state index in [-0.39, 0.29) is 16.2 Å². The zero-order chi connectivity index (χ0) is 21.2. The van der Waals surface area contributed by atoms with E-state index in [1.54, 1.807) is 12.1 Å². The molecule has 0 amide bonds. The van der Waals surface area contributed by atoms with E-state index in [2.05, 4.69) is 4.40 Å². The van der Waals surface area contributed by atoms with Crippen molar-refractivity contribution in [1.82, 2.24) is 4.57 Å². The largest absolute Gasteiger partial charge is 0.493 e. The van der Waals surface area contributed by atoms with Crippen LogP contribution in [0.2, 0.25) is 5.02 Å². The maximum Gasteiger partial charge on any atom is 0.325 e. The lowest BCUT2D eigenvalue weighted by Gasteiger charge is -2.09. The molecule has 2 aromatic carbocycles. The molecule has 3 rings (SSSR count). The van der Waals surface area contributed by atoms with Crippen LogP contribution in [0.5, 0.6) is 11.5 Å². The van der Waals surface area contributed by atoms with E-state index in [9.17, 15) is 13.2 Å². The second-order valence-electron chi connectivity index (χ2n) is 5.74. The fourth-order valence-corrected chi connectivity index (χ4v) is 4.94. The van der Waals surface area contributed by atoms with Crippen molar-refractivity contribution in [1.29, 1.82) is 0 Å². The van der Waals surface area contributed by atoms with Gasteiger partial charge < -0.3 is 18.8 Å². The Kier molecular flexibility index (Phi) is 6.15. The fourth-order valence-electron chi connectivity index (χ4n) is 2.58. The maximum absolute atomic E-state index is 12.8. The molecule has 0 N–H and O–H groups in total. The first-order chi connectivity index (χ1) is 13.8. The number of ether oxygens (including phenoxy) is 3. The van der Waals surface area contributed by atoms with Crippen molar-refractivity contribution >= 4 is 49.1 Å². The van der Waals surface area contributed by atoms with E-state index in [0.29, 0.717) is 26.7 Å². The van der Waals surface area contributed by atoms with Gasteiger partial charge in [-0.1, -0.05) is 22.9 Å². The lowest BCUT2D eigenvalue weighted by molar-refractivity contribution is -0.141. The topological polar surface area (TPSA) is 96.2 Å². The number of methoxy groups -OCH3 is 3. The van der Waals surface area contributed by atoms with Crippen molar-refractivity contribution in [3.63, 3.8) is 0 Å². The Hall–Kier alpha value is -2.56. The highest BCUT2D eigenvalue weighted by molar-refractivity contribution is 7.90. The first kappa shape index (κ1) is 21.2. The summed E-state index contributed by atoms with van der Waals surface area (Å²) in [4.78, 5) is 12.0. The first-order valence-electron chi connectivity index (χ1n) is 8.18. The Morgan fingerprint density at radius 2 is 1.72 bits per heavy atom. The predicted molar refractivity (Wildman–Crippen MR) is 109 cm³/mol. The lowest BCUT2D eigenvalue weighted by atomic mass is 10.3. The number of hydrogen-bond acceptors (Lipinski definition) is 7. The van der Waals surface area contributed by atoms with Crippen LogP contribution in [0.25, 0.3) is 10.2 Å². The number of hydrogen-bond donors (Lipinski definition) is 0. The Morgan fingerprint density at radius 3 is 2.31 bits per heavy atom. The summed E-state index contributed by atoms with van der Waals surface area (Å²) in [5.41, 5.74) is 0.558. The molecule has 0 radical (unpaired) electrons. The summed E-state index contributed by atoms with van der Waals surface area (Å²) in [6.07, 6.45) is 0. The smallest absolute Gasteiger partial charge is 0.325 e. The van der Waals surface area contributed by atoms with Gasteiger partial charge in [-0.2, -0.15) is 8.42 Å². The molecule has 11 heteroatoms. The van der Waals surface area contributed by atoms with Crippen LogP contribution >= 0.6 is 22.9 Å². The molecular formula is C18H17ClN2O6S2. The van der Waals surface area contributed by atoms with Crippen LogP contribution in [0.15, 0.2) is 45.7 Å². The standard InChI is InChI=1S/C18H17ClN2O6S2/c1-25-14-8-13-16(9-15(14)26-2)28-18(21(13)10-17(22)27-3)20-29(23,24)12-6-4-11(19)5-7-12/h4-9H,10H2,1-3H3/b20-18-. The highest BCUT2D eigenvalue weighted by atomic mass is 35.5. The number of carbonyl (C=O) groups is 1. The zero-order valence-electron chi connectivity index (χ0n) is 15.7. The number of benzene rings is 2. The summed E-state index contributed by atoms with van der Waals surface area (Å²) in [6, 6.07) is 9.01. The summed E-state index contributed by atoms with van der Waals surface area (Å²) >= 11 is 6.93. The molecule has 0 saturated heterocycles. The van der Waals surface area contributed by atoms with Gasteiger partial charge in [0, 0.05) is 17.2 Å². The Morgan fingerprint density at radius 1 is 1.10 bits per heavy atom. The molecule has 154 valence electrons. The molecule has 1 aromatic heterocycles. The molecule has 0 unspecified atom stereocenters.